The largest absolute Gasteiger partial charge is 0.543 e. The summed E-state index contributed by atoms with van der Waals surface area (Å²) in [5.74, 6) is 1.31. The highest BCUT2D eigenvalue weighted by Gasteiger charge is 2.57. The van der Waals surface area contributed by atoms with Gasteiger partial charge in [-0.25, -0.2) is 4.57 Å². The van der Waals surface area contributed by atoms with Gasteiger partial charge in [0.15, 0.2) is 0 Å². The molecular weight excluding hydrogens is 341 g/mol. The van der Waals surface area contributed by atoms with Crippen LogP contribution in [0.15, 0.2) is 91.1 Å². The van der Waals surface area contributed by atoms with E-state index in [1.165, 1.54) is 45.0 Å². The Morgan fingerprint density at radius 1 is 0.714 bits per heavy atom. The van der Waals surface area contributed by atoms with Crippen molar-refractivity contribution in [3.05, 3.63) is 96.7 Å². The van der Waals surface area contributed by atoms with Gasteiger partial charge in [0, 0.05) is 16.7 Å². The zero-order valence-corrected chi connectivity index (χ0v) is 15.3. The van der Waals surface area contributed by atoms with E-state index >= 15 is 0 Å². The SMILES string of the molecule is c1ccc(N2B3c4ccccc4-c4ccc[n+]5c4N3c3c(cccc32)C5)cc1. The Labute approximate surface area is 164 Å². The van der Waals surface area contributed by atoms with Crippen molar-refractivity contribution in [3.63, 3.8) is 0 Å². The quantitative estimate of drug-likeness (QED) is 0.376. The summed E-state index contributed by atoms with van der Waals surface area (Å²) in [6, 6.07) is 30.8. The fraction of sp³-hybridized carbons (Fsp3) is 0.0417. The molecule has 4 heteroatoms. The van der Waals surface area contributed by atoms with E-state index in [4.69, 9.17) is 0 Å². The molecule has 3 aliphatic rings. The summed E-state index contributed by atoms with van der Waals surface area (Å²) in [5.41, 5.74) is 9.30. The van der Waals surface area contributed by atoms with Crippen molar-refractivity contribution in [2.45, 2.75) is 6.54 Å². The number of hydrogen-bond acceptors (Lipinski definition) is 2. The molecule has 0 fully saturated rings. The van der Waals surface area contributed by atoms with Gasteiger partial charge in [-0.3, -0.25) is 4.81 Å². The monoisotopic (exact) mass is 358 g/mol. The van der Waals surface area contributed by atoms with Crippen molar-refractivity contribution < 1.29 is 4.57 Å². The summed E-state index contributed by atoms with van der Waals surface area (Å²) in [4.78, 5) is 5.06. The average Bonchev–Trinajstić information content (AvgIpc) is 3.11. The van der Waals surface area contributed by atoms with Crippen LogP contribution in [0.1, 0.15) is 5.56 Å². The first kappa shape index (κ1) is 14.5. The zero-order chi connectivity index (χ0) is 18.2. The van der Waals surface area contributed by atoms with Crippen molar-refractivity contribution in [3.8, 4) is 11.1 Å². The lowest BCUT2D eigenvalue weighted by Crippen LogP contribution is -2.60. The Morgan fingerprint density at radius 2 is 1.54 bits per heavy atom. The van der Waals surface area contributed by atoms with Gasteiger partial charge in [0.25, 0.3) is 5.82 Å². The van der Waals surface area contributed by atoms with E-state index in [1.807, 2.05) is 0 Å². The molecule has 0 saturated carbocycles. The molecule has 0 saturated heterocycles. The molecule has 4 heterocycles. The smallest absolute Gasteiger partial charge is 0.336 e. The zero-order valence-electron chi connectivity index (χ0n) is 15.3. The summed E-state index contributed by atoms with van der Waals surface area (Å²) in [6.45, 7) is 1.05. The predicted octanol–water partition coefficient (Wildman–Crippen LogP) is 4.00. The van der Waals surface area contributed by atoms with E-state index < -0.39 is 0 Å². The molecule has 0 bridgehead atoms. The third-order valence-electron chi connectivity index (χ3n) is 6.26. The van der Waals surface area contributed by atoms with E-state index in [0.29, 0.717) is 0 Å². The summed E-state index contributed by atoms with van der Waals surface area (Å²) < 4.78 is 2.40. The fourth-order valence-corrected chi connectivity index (χ4v) is 5.22. The van der Waals surface area contributed by atoms with E-state index in [2.05, 4.69) is 105 Å². The number of nitrogens with zero attached hydrogens (tertiary/aromatic N) is 3. The minimum atomic E-state index is 0.135. The van der Waals surface area contributed by atoms with Crippen molar-refractivity contribution in [1.29, 1.82) is 0 Å². The third-order valence-corrected chi connectivity index (χ3v) is 6.26. The van der Waals surface area contributed by atoms with Crippen molar-refractivity contribution in [2.75, 3.05) is 9.62 Å². The molecule has 0 amide bonds. The number of pyridine rings is 1. The summed E-state index contributed by atoms with van der Waals surface area (Å²) in [6.07, 6.45) is 2.21. The highest BCUT2D eigenvalue weighted by Crippen LogP contribution is 2.52. The van der Waals surface area contributed by atoms with Crippen LogP contribution in [0.5, 0.6) is 0 Å². The number of anilines is 4. The Balaban J connectivity index is 1.63. The maximum atomic E-state index is 2.55. The highest BCUT2D eigenvalue weighted by molar-refractivity contribution is 6.86. The van der Waals surface area contributed by atoms with Gasteiger partial charge in [-0.1, -0.05) is 54.6 Å². The molecule has 130 valence electrons. The third kappa shape index (κ3) is 1.64. The topological polar surface area (TPSA) is 10.4 Å². The van der Waals surface area contributed by atoms with Gasteiger partial charge in [-0.05, 0) is 35.9 Å². The first-order valence-corrected chi connectivity index (χ1v) is 9.79. The number of aromatic nitrogens is 1. The van der Waals surface area contributed by atoms with E-state index in [0.717, 1.165) is 6.54 Å². The summed E-state index contributed by atoms with van der Waals surface area (Å²) in [7, 11) is 0. The van der Waals surface area contributed by atoms with E-state index in [-0.39, 0.29) is 6.98 Å². The average molecular weight is 358 g/mol. The molecule has 3 aliphatic heterocycles. The molecular formula is C24H17BN3+. The normalized spacial score (nSPS) is 14.8. The van der Waals surface area contributed by atoms with E-state index in [1.54, 1.807) is 0 Å². The van der Waals surface area contributed by atoms with Gasteiger partial charge in [0.2, 0.25) is 0 Å². The van der Waals surface area contributed by atoms with Crippen molar-refractivity contribution in [2.24, 2.45) is 0 Å². The maximum absolute atomic E-state index is 2.55. The van der Waals surface area contributed by atoms with Crippen LogP contribution in [-0.4, -0.2) is 6.98 Å². The Morgan fingerprint density at radius 3 is 2.46 bits per heavy atom. The molecule has 1 aromatic heterocycles. The van der Waals surface area contributed by atoms with Crippen LogP contribution in [0, 0.1) is 0 Å². The highest BCUT2D eigenvalue weighted by atomic mass is 15.4. The predicted molar refractivity (Wildman–Crippen MR) is 114 cm³/mol. The summed E-state index contributed by atoms with van der Waals surface area (Å²) in [5, 5.41) is 0. The van der Waals surface area contributed by atoms with Crippen molar-refractivity contribution >= 4 is 35.3 Å². The number of fused-ring (bicyclic) bond motifs is 3. The molecule has 0 N–H and O–H groups in total. The Hall–Kier alpha value is -3.53. The molecule has 4 aromatic rings. The van der Waals surface area contributed by atoms with Gasteiger partial charge in [0.1, 0.15) is 12.2 Å². The molecule has 0 aliphatic carbocycles. The molecule has 28 heavy (non-hydrogen) atoms. The van der Waals surface area contributed by atoms with Gasteiger partial charge in [0.05, 0.1) is 17.4 Å². The molecule has 0 spiro atoms. The van der Waals surface area contributed by atoms with E-state index in [9.17, 15) is 0 Å². The van der Waals surface area contributed by atoms with Gasteiger partial charge >= 0.3 is 6.98 Å². The van der Waals surface area contributed by atoms with Crippen LogP contribution >= 0.6 is 0 Å². The number of rotatable bonds is 1. The first-order chi connectivity index (χ1) is 13.9. The standard InChI is InChI=1S/C24H17BN3/c1-2-9-18(10-3-1)27-22-14-6-8-17-16-26-15-7-12-20-19-11-4-5-13-21(19)25(27)28(23(17)22)24(20)26/h1-15H,16H2/q+1. The number of benzene rings is 3. The lowest BCUT2D eigenvalue weighted by Gasteiger charge is -2.33. The molecule has 3 aromatic carbocycles. The molecule has 0 radical (unpaired) electrons. The second-order valence-electron chi connectivity index (χ2n) is 7.69. The lowest BCUT2D eigenvalue weighted by atomic mass is 9.59. The Kier molecular flexibility index (Phi) is 2.62. The molecule has 0 atom stereocenters. The fourth-order valence-electron chi connectivity index (χ4n) is 5.22. The summed E-state index contributed by atoms with van der Waals surface area (Å²) >= 11 is 0. The minimum absolute atomic E-state index is 0.135. The Bertz CT molecular complexity index is 1270. The van der Waals surface area contributed by atoms with Crippen LogP contribution in [0.4, 0.5) is 22.9 Å². The van der Waals surface area contributed by atoms with Crippen molar-refractivity contribution in [1.82, 2.24) is 0 Å². The van der Waals surface area contributed by atoms with Crippen LogP contribution in [0.25, 0.3) is 11.1 Å². The number of hydrogen-bond donors (Lipinski definition) is 0. The molecule has 3 nitrogen and oxygen atoms in total. The van der Waals surface area contributed by atoms with Crippen LogP contribution in [-0.2, 0) is 6.54 Å². The second kappa shape index (κ2) is 5.05. The van der Waals surface area contributed by atoms with Gasteiger partial charge < -0.3 is 4.81 Å². The maximum Gasteiger partial charge on any atom is 0.543 e. The van der Waals surface area contributed by atoms with Crippen LogP contribution < -0.4 is 19.7 Å². The first-order valence-electron chi connectivity index (χ1n) is 9.79. The van der Waals surface area contributed by atoms with Crippen LogP contribution in [0.3, 0.4) is 0 Å². The number of para-hydroxylation sites is 2. The molecule has 0 unspecified atom stereocenters. The van der Waals surface area contributed by atoms with Gasteiger partial charge in [-0.15, -0.1) is 0 Å². The van der Waals surface area contributed by atoms with Crippen LogP contribution in [0.2, 0.25) is 0 Å². The molecule has 7 rings (SSSR count). The second-order valence-corrected chi connectivity index (χ2v) is 7.69. The minimum Gasteiger partial charge on any atom is -0.336 e. The van der Waals surface area contributed by atoms with Gasteiger partial charge in [-0.2, -0.15) is 0 Å². The lowest BCUT2D eigenvalue weighted by molar-refractivity contribution is -0.676.